The van der Waals surface area contributed by atoms with Gasteiger partial charge in [0.2, 0.25) is 0 Å². The van der Waals surface area contributed by atoms with Gasteiger partial charge in [-0.05, 0) is 25.6 Å². The monoisotopic (exact) mass is 205 g/mol. The standard InChI is InChI=1S/C11H15N3O/c1-3-12-7-10-13-8(2)11(14-10)9-5-4-6-15-9/h4-6,12H,3,7H2,1-2H3,(H,13,14). The van der Waals surface area contributed by atoms with E-state index in [1.807, 2.05) is 19.1 Å². The third kappa shape index (κ3) is 2.10. The Hall–Kier alpha value is -1.55. The van der Waals surface area contributed by atoms with Crippen LogP contribution in [0.5, 0.6) is 0 Å². The molecule has 0 atom stereocenters. The molecule has 0 fully saturated rings. The van der Waals surface area contributed by atoms with E-state index in [0.717, 1.165) is 36.1 Å². The Morgan fingerprint density at radius 3 is 3.07 bits per heavy atom. The fourth-order valence-electron chi connectivity index (χ4n) is 1.50. The predicted octanol–water partition coefficient (Wildman–Crippen LogP) is 2.09. The normalized spacial score (nSPS) is 10.8. The highest BCUT2D eigenvalue weighted by Crippen LogP contribution is 2.21. The lowest BCUT2D eigenvalue weighted by Gasteiger charge is -1.95. The minimum atomic E-state index is 0.762. The van der Waals surface area contributed by atoms with Crippen LogP contribution in [0.15, 0.2) is 22.8 Å². The number of nitrogens with one attached hydrogen (secondary N) is 2. The first-order chi connectivity index (χ1) is 7.31. The summed E-state index contributed by atoms with van der Waals surface area (Å²) in [6, 6.07) is 3.79. The van der Waals surface area contributed by atoms with Crippen molar-refractivity contribution in [3.8, 4) is 11.5 Å². The van der Waals surface area contributed by atoms with E-state index in [1.54, 1.807) is 6.26 Å². The molecule has 2 heterocycles. The Morgan fingerprint density at radius 1 is 1.53 bits per heavy atom. The van der Waals surface area contributed by atoms with Gasteiger partial charge >= 0.3 is 0 Å². The zero-order valence-electron chi connectivity index (χ0n) is 9.00. The summed E-state index contributed by atoms with van der Waals surface area (Å²) in [4.78, 5) is 7.71. The Balaban J connectivity index is 2.22. The molecule has 0 spiro atoms. The molecule has 0 aliphatic carbocycles. The molecule has 0 radical (unpaired) electrons. The van der Waals surface area contributed by atoms with Crippen LogP contribution in [0.3, 0.4) is 0 Å². The van der Waals surface area contributed by atoms with Gasteiger partial charge in [0.1, 0.15) is 11.5 Å². The van der Waals surface area contributed by atoms with Crippen molar-refractivity contribution in [3.63, 3.8) is 0 Å². The number of nitrogens with zero attached hydrogens (tertiary/aromatic N) is 1. The van der Waals surface area contributed by atoms with Gasteiger partial charge in [0.25, 0.3) is 0 Å². The van der Waals surface area contributed by atoms with E-state index >= 15 is 0 Å². The van der Waals surface area contributed by atoms with Crippen molar-refractivity contribution in [2.24, 2.45) is 0 Å². The van der Waals surface area contributed by atoms with Gasteiger partial charge in [-0.25, -0.2) is 4.98 Å². The number of hydrogen-bond acceptors (Lipinski definition) is 3. The van der Waals surface area contributed by atoms with Crippen LogP contribution in [0.2, 0.25) is 0 Å². The van der Waals surface area contributed by atoms with Crippen LogP contribution in [0.1, 0.15) is 18.4 Å². The molecule has 0 bridgehead atoms. The number of furan rings is 1. The Morgan fingerprint density at radius 2 is 2.40 bits per heavy atom. The van der Waals surface area contributed by atoms with Gasteiger partial charge in [-0.1, -0.05) is 6.92 Å². The molecule has 15 heavy (non-hydrogen) atoms. The van der Waals surface area contributed by atoms with E-state index in [2.05, 4.69) is 22.2 Å². The summed E-state index contributed by atoms with van der Waals surface area (Å²) < 4.78 is 5.32. The number of aromatic nitrogens is 2. The molecular formula is C11H15N3O. The van der Waals surface area contributed by atoms with Gasteiger partial charge in [-0.2, -0.15) is 0 Å². The summed E-state index contributed by atoms with van der Waals surface area (Å²) in [6.45, 7) is 5.78. The maximum absolute atomic E-state index is 5.32. The third-order valence-electron chi connectivity index (χ3n) is 2.23. The van der Waals surface area contributed by atoms with E-state index in [1.165, 1.54) is 0 Å². The summed E-state index contributed by atoms with van der Waals surface area (Å²) in [7, 11) is 0. The molecule has 80 valence electrons. The zero-order valence-corrected chi connectivity index (χ0v) is 9.00. The minimum Gasteiger partial charge on any atom is -0.463 e. The molecule has 0 aliphatic rings. The first-order valence-electron chi connectivity index (χ1n) is 5.11. The van der Waals surface area contributed by atoms with Crippen LogP contribution in [-0.4, -0.2) is 16.5 Å². The largest absolute Gasteiger partial charge is 0.463 e. The van der Waals surface area contributed by atoms with Crippen molar-refractivity contribution in [2.45, 2.75) is 20.4 Å². The fourth-order valence-corrected chi connectivity index (χ4v) is 1.50. The van der Waals surface area contributed by atoms with E-state index in [4.69, 9.17) is 4.42 Å². The molecular weight excluding hydrogens is 190 g/mol. The molecule has 2 aromatic rings. The second-order valence-electron chi connectivity index (χ2n) is 3.41. The quantitative estimate of drug-likeness (QED) is 0.803. The molecule has 2 rings (SSSR count). The first-order valence-corrected chi connectivity index (χ1v) is 5.11. The van der Waals surface area contributed by atoms with Gasteiger partial charge in [0, 0.05) is 5.69 Å². The van der Waals surface area contributed by atoms with Gasteiger partial charge < -0.3 is 14.7 Å². The topological polar surface area (TPSA) is 53.9 Å². The summed E-state index contributed by atoms with van der Waals surface area (Å²) >= 11 is 0. The van der Waals surface area contributed by atoms with Gasteiger partial charge in [0.05, 0.1) is 12.8 Å². The molecule has 4 heteroatoms. The molecule has 2 aromatic heterocycles. The highest BCUT2D eigenvalue weighted by Gasteiger charge is 2.10. The van der Waals surface area contributed by atoms with Gasteiger partial charge in [-0.3, -0.25) is 0 Å². The van der Waals surface area contributed by atoms with Crippen molar-refractivity contribution in [2.75, 3.05) is 6.54 Å². The number of aryl methyl sites for hydroxylation is 1. The van der Waals surface area contributed by atoms with Crippen molar-refractivity contribution in [1.82, 2.24) is 15.3 Å². The lowest BCUT2D eigenvalue weighted by molar-refractivity contribution is 0.579. The first kappa shape index (κ1) is 9.98. The van der Waals surface area contributed by atoms with Crippen molar-refractivity contribution < 1.29 is 4.42 Å². The van der Waals surface area contributed by atoms with Crippen LogP contribution in [-0.2, 0) is 6.54 Å². The molecule has 0 saturated heterocycles. The summed E-state index contributed by atoms with van der Waals surface area (Å²) in [5.41, 5.74) is 1.94. The molecule has 0 amide bonds. The number of hydrogen-bond donors (Lipinski definition) is 2. The smallest absolute Gasteiger partial charge is 0.154 e. The van der Waals surface area contributed by atoms with Crippen LogP contribution in [0, 0.1) is 6.92 Å². The maximum atomic E-state index is 5.32. The lowest BCUT2D eigenvalue weighted by atomic mass is 10.3. The molecule has 0 saturated carbocycles. The predicted molar refractivity (Wildman–Crippen MR) is 58.4 cm³/mol. The second kappa shape index (κ2) is 4.31. The van der Waals surface area contributed by atoms with Gasteiger partial charge in [0.15, 0.2) is 5.76 Å². The Kier molecular flexibility index (Phi) is 2.87. The second-order valence-corrected chi connectivity index (χ2v) is 3.41. The summed E-state index contributed by atoms with van der Waals surface area (Å²) in [6.07, 6.45) is 1.66. The van der Waals surface area contributed by atoms with Crippen LogP contribution in [0.25, 0.3) is 11.5 Å². The van der Waals surface area contributed by atoms with Crippen LogP contribution < -0.4 is 5.32 Å². The Labute approximate surface area is 88.7 Å². The highest BCUT2D eigenvalue weighted by atomic mass is 16.3. The number of rotatable bonds is 4. The molecule has 0 unspecified atom stereocenters. The Bertz CT molecular complexity index is 417. The van der Waals surface area contributed by atoms with Crippen molar-refractivity contribution >= 4 is 0 Å². The molecule has 0 aromatic carbocycles. The van der Waals surface area contributed by atoms with E-state index in [0.29, 0.717) is 0 Å². The van der Waals surface area contributed by atoms with Crippen molar-refractivity contribution in [3.05, 3.63) is 29.9 Å². The van der Waals surface area contributed by atoms with E-state index in [9.17, 15) is 0 Å². The highest BCUT2D eigenvalue weighted by molar-refractivity contribution is 5.55. The van der Waals surface area contributed by atoms with Crippen molar-refractivity contribution in [1.29, 1.82) is 0 Å². The third-order valence-corrected chi connectivity index (χ3v) is 2.23. The summed E-state index contributed by atoms with van der Waals surface area (Å²) in [5.74, 6) is 1.76. The summed E-state index contributed by atoms with van der Waals surface area (Å²) in [5, 5.41) is 3.23. The lowest BCUT2D eigenvalue weighted by Crippen LogP contribution is -2.12. The molecule has 2 N–H and O–H groups in total. The van der Waals surface area contributed by atoms with Gasteiger partial charge in [-0.15, -0.1) is 0 Å². The zero-order chi connectivity index (χ0) is 10.7. The number of imidazole rings is 1. The maximum Gasteiger partial charge on any atom is 0.154 e. The van der Waals surface area contributed by atoms with Crippen LogP contribution >= 0.6 is 0 Å². The van der Waals surface area contributed by atoms with E-state index in [-0.39, 0.29) is 0 Å². The minimum absolute atomic E-state index is 0.762. The average Bonchev–Trinajstić information content (AvgIpc) is 2.83. The molecule has 4 nitrogen and oxygen atoms in total. The SMILES string of the molecule is CCNCc1nc(-c2ccco2)c(C)[nH]1. The van der Waals surface area contributed by atoms with Crippen LogP contribution in [0.4, 0.5) is 0 Å². The number of H-pyrrole nitrogens is 1. The molecule has 0 aliphatic heterocycles. The van der Waals surface area contributed by atoms with E-state index < -0.39 is 0 Å². The average molecular weight is 205 g/mol. The fraction of sp³-hybridized carbons (Fsp3) is 0.364. The number of aromatic amines is 1.